The van der Waals surface area contributed by atoms with Gasteiger partial charge in [-0.1, -0.05) is 18.0 Å². The number of carbonyl (C=O) groups excluding carboxylic acids is 1. The first-order chi connectivity index (χ1) is 7.65. The number of hydrogen-bond acceptors (Lipinski definition) is 2. The molecule has 3 atom stereocenters. The molecule has 0 radical (unpaired) electrons. The molecule has 1 heterocycles. The zero-order valence-electron chi connectivity index (χ0n) is 9.33. The van der Waals surface area contributed by atoms with Gasteiger partial charge in [-0.3, -0.25) is 4.79 Å². The van der Waals surface area contributed by atoms with E-state index in [-0.39, 0.29) is 0 Å². The predicted molar refractivity (Wildman–Crippen MR) is 67.3 cm³/mol. The Balaban J connectivity index is 1.83. The number of rotatable bonds is 2. The van der Waals surface area contributed by atoms with E-state index >= 15 is 0 Å². The summed E-state index contributed by atoms with van der Waals surface area (Å²) in [6.07, 6.45) is 5.02. The van der Waals surface area contributed by atoms with Crippen LogP contribution in [0.1, 0.15) is 40.9 Å². The zero-order chi connectivity index (χ0) is 11.3. The molecule has 86 valence electrons. The molecule has 3 unspecified atom stereocenters. The van der Waals surface area contributed by atoms with E-state index in [0.29, 0.717) is 17.6 Å². The van der Waals surface area contributed by atoms with E-state index in [0.717, 1.165) is 27.1 Å². The van der Waals surface area contributed by atoms with Crippen molar-refractivity contribution in [3.05, 3.63) is 20.8 Å². The Morgan fingerprint density at radius 3 is 2.75 bits per heavy atom. The first kappa shape index (κ1) is 10.8. The highest BCUT2D eigenvalue weighted by Gasteiger charge is 2.43. The third kappa shape index (κ3) is 1.63. The molecule has 0 aromatic carbocycles. The van der Waals surface area contributed by atoms with E-state index < -0.39 is 0 Å². The molecule has 0 aliphatic heterocycles. The van der Waals surface area contributed by atoms with Gasteiger partial charge in [0, 0.05) is 5.92 Å². The molecular formula is C13H15ClOS. The Morgan fingerprint density at radius 2 is 2.25 bits per heavy atom. The molecule has 1 aromatic rings. The molecule has 3 heteroatoms. The molecule has 0 N–H and O–H groups in total. The second kappa shape index (κ2) is 3.85. The quantitative estimate of drug-likeness (QED) is 0.718. The molecule has 2 saturated carbocycles. The van der Waals surface area contributed by atoms with Crippen molar-refractivity contribution in [3.8, 4) is 0 Å². The van der Waals surface area contributed by atoms with Crippen molar-refractivity contribution in [3.63, 3.8) is 0 Å². The third-order valence-electron chi connectivity index (χ3n) is 4.17. The van der Waals surface area contributed by atoms with Crippen LogP contribution in [0.5, 0.6) is 0 Å². The summed E-state index contributed by atoms with van der Waals surface area (Å²) >= 11 is 7.48. The Morgan fingerprint density at radius 1 is 1.44 bits per heavy atom. The van der Waals surface area contributed by atoms with E-state index in [1.165, 1.54) is 30.6 Å². The largest absolute Gasteiger partial charge is 0.293 e. The monoisotopic (exact) mass is 254 g/mol. The lowest BCUT2D eigenvalue weighted by Gasteiger charge is -2.19. The van der Waals surface area contributed by atoms with Crippen LogP contribution in [0.25, 0.3) is 0 Å². The van der Waals surface area contributed by atoms with Crippen LogP contribution in [-0.4, -0.2) is 5.78 Å². The van der Waals surface area contributed by atoms with Crippen molar-refractivity contribution in [2.75, 3.05) is 0 Å². The van der Waals surface area contributed by atoms with Gasteiger partial charge in [-0.25, -0.2) is 0 Å². The topological polar surface area (TPSA) is 17.1 Å². The molecule has 2 aliphatic carbocycles. The highest BCUT2D eigenvalue weighted by atomic mass is 35.5. The van der Waals surface area contributed by atoms with Crippen molar-refractivity contribution in [2.45, 2.75) is 32.6 Å². The van der Waals surface area contributed by atoms with Crippen LogP contribution in [0.3, 0.4) is 0 Å². The van der Waals surface area contributed by atoms with Crippen LogP contribution in [-0.2, 0) is 0 Å². The van der Waals surface area contributed by atoms with Crippen LogP contribution in [0.4, 0.5) is 0 Å². The molecule has 16 heavy (non-hydrogen) atoms. The minimum absolute atomic E-state index is 0.299. The molecule has 1 aromatic heterocycles. The molecule has 2 bridgehead atoms. The number of halogens is 1. The number of fused-ring (bicyclic) bond motifs is 2. The lowest BCUT2D eigenvalue weighted by atomic mass is 9.85. The summed E-state index contributed by atoms with van der Waals surface area (Å²) in [4.78, 5) is 13.2. The maximum atomic E-state index is 12.4. The Labute approximate surface area is 105 Å². The lowest BCUT2D eigenvalue weighted by molar-refractivity contribution is 0.0879. The number of hydrogen-bond donors (Lipinski definition) is 0. The number of ketones is 1. The standard InChI is InChI=1S/C13H15ClOS/c1-7-4-11(16-13(7)14)12(15)10-6-8-2-3-9(10)5-8/h4,8-10H,2-3,5-6H2,1H3. The average Bonchev–Trinajstić information content (AvgIpc) is 2.94. The number of Topliss-reactive ketones (excluding diaryl/α,β-unsaturated/α-hetero) is 1. The van der Waals surface area contributed by atoms with Crippen molar-refractivity contribution in [1.29, 1.82) is 0 Å². The van der Waals surface area contributed by atoms with Gasteiger partial charge in [0.05, 0.1) is 9.21 Å². The van der Waals surface area contributed by atoms with Gasteiger partial charge in [0.25, 0.3) is 0 Å². The summed E-state index contributed by atoms with van der Waals surface area (Å²) in [5.41, 5.74) is 1.04. The van der Waals surface area contributed by atoms with Gasteiger partial charge in [-0.2, -0.15) is 0 Å². The summed E-state index contributed by atoms with van der Waals surface area (Å²) in [5.74, 6) is 2.15. The van der Waals surface area contributed by atoms with Crippen molar-refractivity contribution >= 4 is 28.7 Å². The molecule has 0 amide bonds. The first-order valence-corrected chi connectivity index (χ1v) is 7.14. The van der Waals surface area contributed by atoms with Gasteiger partial charge in [-0.15, -0.1) is 11.3 Å². The Kier molecular flexibility index (Phi) is 2.60. The number of aryl methyl sites for hydroxylation is 1. The van der Waals surface area contributed by atoms with Crippen molar-refractivity contribution in [2.24, 2.45) is 17.8 Å². The zero-order valence-corrected chi connectivity index (χ0v) is 10.9. The van der Waals surface area contributed by atoms with Crippen molar-refractivity contribution < 1.29 is 4.79 Å². The fourth-order valence-corrected chi connectivity index (χ4v) is 4.53. The van der Waals surface area contributed by atoms with Gasteiger partial charge < -0.3 is 0 Å². The fourth-order valence-electron chi connectivity index (χ4n) is 3.33. The maximum Gasteiger partial charge on any atom is 0.176 e. The normalized spacial score (nSPS) is 32.2. The summed E-state index contributed by atoms with van der Waals surface area (Å²) in [6, 6.07) is 1.96. The van der Waals surface area contributed by atoms with Gasteiger partial charge in [-0.05, 0) is 49.7 Å². The smallest absolute Gasteiger partial charge is 0.176 e. The molecule has 2 fully saturated rings. The minimum Gasteiger partial charge on any atom is -0.293 e. The molecule has 2 aliphatic rings. The minimum atomic E-state index is 0.299. The first-order valence-electron chi connectivity index (χ1n) is 5.95. The number of carbonyl (C=O) groups is 1. The second-order valence-electron chi connectivity index (χ2n) is 5.21. The van der Waals surface area contributed by atoms with Crippen molar-refractivity contribution in [1.82, 2.24) is 0 Å². The highest BCUT2D eigenvalue weighted by Crippen LogP contribution is 2.49. The molecular weight excluding hydrogens is 240 g/mol. The molecule has 1 nitrogen and oxygen atoms in total. The number of thiophene rings is 1. The summed E-state index contributed by atoms with van der Waals surface area (Å²) in [6.45, 7) is 1.97. The predicted octanol–water partition coefficient (Wildman–Crippen LogP) is 4.33. The van der Waals surface area contributed by atoms with Crippen LogP contribution in [0.2, 0.25) is 4.34 Å². The van der Waals surface area contributed by atoms with E-state index in [1.807, 2.05) is 13.0 Å². The molecule has 0 spiro atoms. The van der Waals surface area contributed by atoms with Gasteiger partial charge in [0.1, 0.15) is 0 Å². The fraction of sp³-hybridized carbons (Fsp3) is 0.615. The van der Waals surface area contributed by atoms with Crippen LogP contribution >= 0.6 is 22.9 Å². The third-order valence-corrected chi connectivity index (χ3v) is 5.74. The SMILES string of the molecule is Cc1cc(C(=O)C2CC3CCC2C3)sc1Cl. The summed E-state index contributed by atoms with van der Waals surface area (Å²) < 4.78 is 0.770. The molecule has 3 rings (SSSR count). The summed E-state index contributed by atoms with van der Waals surface area (Å²) in [5, 5.41) is 0. The Bertz CT molecular complexity index is 418. The van der Waals surface area contributed by atoms with Gasteiger partial charge >= 0.3 is 0 Å². The van der Waals surface area contributed by atoms with Crippen LogP contribution in [0, 0.1) is 24.7 Å². The molecule has 0 saturated heterocycles. The van der Waals surface area contributed by atoms with E-state index in [9.17, 15) is 4.79 Å². The lowest BCUT2D eigenvalue weighted by Crippen LogP contribution is -2.20. The Hall–Kier alpha value is -0.340. The van der Waals surface area contributed by atoms with Crippen LogP contribution < -0.4 is 0 Å². The van der Waals surface area contributed by atoms with E-state index in [1.54, 1.807) is 0 Å². The van der Waals surface area contributed by atoms with Crippen LogP contribution in [0.15, 0.2) is 6.07 Å². The van der Waals surface area contributed by atoms with Gasteiger partial charge in [0.15, 0.2) is 5.78 Å². The van der Waals surface area contributed by atoms with E-state index in [4.69, 9.17) is 11.6 Å². The summed E-state index contributed by atoms with van der Waals surface area (Å²) in [7, 11) is 0. The maximum absolute atomic E-state index is 12.4. The van der Waals surface area contributed by atoms with E-state index in [2.05, 4.69) is 0 Å². The second-order valence-corrected chi connectivity index (χ2v) is 6.87. The highest BCUT2D eigenvalue weighted by molar-refractivity contribution is 7.18. The average molecular weight is 255 g/mol. The van der Waals surface area contributed by atoms with Gasteiger partial charge in [0.2, 0.25) is 0 Å².